The van der Waals surface area contributed by atoms with E-state index < -0.39 is 0 Å². The topological polar surface area (TPSA) is 61.4 Å². The van der Waals surface area contributed by atoms with Gasteiger partial charge in [-0.3, -0.25) is 9.13 Å². The Morgan fingerprint density at radius 2 is 0.680 bits per heavy atom. The Hall–Kier alpha value is -6.92. The lowest BCUT2D eigenvalue weighted by molar-refractivity contribution is 1.00. The quantitative estimate of drug-likeness (QED) is 0.188. The molecular formula is C44H28N6. The molecule has 0 aliphatic rings. The van der Waals surface area contributed by atoms with Crippen LogP contribution in [-0.2, 0) is 0 Å². The van der Waals surface area contributed by atoms with Gasteiger partial charge in [-0.25, -0.2) is 19.9 Å². The molecule has 0 amide bonds. The molecule has 50 heavy (non-hydrogen) atoms. The largest absolute Gasteiger partial charge is 0.294 e. The Morgan fingerprint density at radius 3 is 1.14 bits per heavy atom. The third kappa shape index (κ3) is 4.43. The van der Waals surface area contributed by atoms with Gasteiger partial charge in [0.25, 0.3) is 0 Å². The van der Waals surface area contributed by atoms with E-state index in [4.69, 9.17) is 19.9 Å². The molecule has 0 saturated heterocycles. The van der Waals surface area contributed by atoms with Gasteiger partial charge in [-0.05, 0) is 36.4 Å². The van der Waals surface area contributed by atoms with Crippen LogP contribution in [0.2, 0.25) is 0 Å². The van der Waals surface area contributed by atoms with E-state index in [9.17, 15) is 0 Å². The highest BCUT2D eigenvalue weighted by molar-refractivity contribution is 6.10. The summed E-state index contributed by atoms with van der Waals surface area (Å²) in [6, 6.07) is 58.4. The molecule has 4 heterocycles. The van der Waals surface area contributed by atoms with E-state index in [2.05, 4.69) is 118 Å². The van der Waals surface area contributed by atoms with Crippen LogP contribution < -0.4 is 0 Å². The van der Waals surface area contributed by atoms with Crippen LogP contribution in [0.15, 0.2) is 170 Å². The van der Waals surface area contributed by atoms with Crippen LogP contribution in [0.3, 0.4) is 0 Å². The highest BCUT2D eigenvalue weighted by Gasteiger charge is 2.22. The fourth-order valence-corrected chi connectivity index (χ4v) is 7.16. The minimum atomic E-state index is 0.552. The summed E-state index contributed by atoms with van der Waals surface area (Å²) >= 11 is 0. The molecular weight excluding hydrogens is 613 g/mol. The van der Waals surface area contributed by atoms with Crippen molar-refractivity contribution in [1.82, 2.24) is 29.1 Å². The van der Waals surface area contributed by atoms with E-state index >= 15 is 0 Å². The molecule has 10 rings (SSSR count). The van der Waals surface area contributed by atoms with Crippen molar-refractivity contribution in [1.29, 1.82) is 0 Å². The normalized spacial score (nSPS) is 11.6. The maximum atomic E-state index is 5.56. The summed E-state index contributed by atoms with van der Waals surface area (Å²) in [6.07, 6.45) is 0. The molecule has 6 heteroatoms. The number of pyridine rings is 1. The van der Waals surface area contributed by atoms with Crippen molar-refractivity contribution in [2.45, 2.75) is 0 Å². The lowest BCUT2D eigenvalue weighted by atomic mass is 10.1. The molecule has 0 unspecified atom stereocenters. The van der Waals surface area contributed by atoms with Gasteiger partial charge in [-0.1, -0.05) is 133 Å². The van der Waals surface area contributed by atoms with Gasteiger partial charge < -0.3 is 0 Å². The lowest BCUT2D eigenvalue weighted by Gasteiger charge is -2.16. The highest BCUT2D eigenvalue weighted by Crippen LogP contribution is 2.37. The number of benzene rings is 6. The number of para-hydroxylation sites is 4. The second-order valence-electron chi connectivity index (χ2n) is 12.3. The van der Waals surface area contributed by atoms with Gasteiger partial charge in [0, 0.05) is 32.7 Å². The summed E-state index contributed by atoms with van der Waals surface area (Å²) < 4.78 is 4.51. The molecule has 234 valence electrons. The zero-order valence-electron chi connectivity index (χ0n) is 26.8. The van der Waals surface area contributed by atoms with E-state index in [-0.39, 0.29) is 0 Å². The number of fused-ring (bicyclic) bond motifs is 6. The van der Waals surface area contributed by atoms with Crippen molar-refractivity contribution >= 4 is 43.6 Å². The molecule has 0 atom stereocenters. The molecule has 0 spiro atoms. The van der Waals surface area contributed by atoms with Gasteiger partial charge in [0.2, 0.25) is 0 Å². The first-order chi connectivity index (χ1) is 24.8. The third-order valence-electron chi connectivity index (χ3n) is 9.40. The van der Waals surface area contributed by atoms with Crippen molar-refractivity contribution in [2.24, 2.45) is 0 Å². The fraction of sp³-hybridized carbons (Fsp3) is 0. The van der Waals surface area contributed by atoms with E-state index in [1.807, 2.05) is 60.7 Å². The predicted molar refractivity (Wildman–Crippen MR) is 203 cm³/mol. The standard InChI is InChI=1S/C44H28N6/c1-3-15-29(16-4-1)41-46-42(30-17-5-2-6-18-30)48-43(47-41)35-27-28-40(49-36-23-11-7-19-31(36)32-20-8-12-24-37(32)49)45-44(35)50-38-25-13-9-21-33(38)34-22-10-14-26-39(34)50/h1-28H. The first-order valence-electron chi connectivity index (χ1n) is 16.7. The zero-order chi connectivity index (χ0) is 33.0. The Kier molecular flexibility index (Phi) is 6.39. The molecule has 0 saturated carbocycles. The summed E-state index contributed by atoms with van der Waals surface area (Å²) in [5, 5.41) is 4.68. The SMILES string of the molecule is c1ccc(-c2nc(-c3ccccc3)nc(-c3ccc(-n4c5ccccc5c5ccccc54)nc3-n3c4ccccc4c4ccccc43)n2)cc1. The van der Waals surface area contributed by atoms with Crippen LogP contribution in [0.5, 0.6) is 0 Å². The minimum absolute atomic E-state index is 0.552. The van der Waals surface area contributed by atoms with E-state index in [0.29, 0.717) is 17.5 Å². The van der Waals surface area contributed by atoms with E-state index in [0.717, 1.165) is 61.2 Å². The van der Waals surface area contributed by atoms with Crippen LogP contribution >= 0.6 is 0 Å². The molecule has 0 aliphatic heterocycles. The van der Waals surface area contributed by atoms with Gasteiger partial charge >= 0.3 is 0 Å². The predicted octanol–water partition coefficient (Wildman–Crippen LogP) is 10.5. The average molecular weight is 641 g/mol. The first kappa shape index (κ1) is 28.1. The van der Waals surface area contributed by atoms with Crippen molar-refractivity contribution in [3.05, 3.63) is 170 Å². The van der Waals surface area contributed by atoms with Crippen LogP contribution in [0.25, 0.3) is 89.4 Å². The number of rotatable bonds is 5. The van der Waals surface area contributed by atoms with Gasteiger partial charge in [0.1, 0.15) is 5.82 Å². The second-order valence-corrected chi connectivity index (χ2v) is 12.3. The number of aromatic nitrogens is 6. The van der Waals surface area contributed by atoms with Crippen molar-refractivity contribution < 1.29 is 0 Å². The van der Waals surface area contributed by atoms with Crippen molar-refractivity contribution in [3.63, 3.8) is 0 Å². The summed E-state index contributed by atoms with van der Waals surface area (Å²) in [6.45, 7) is 0. The molecule has 6 nitrogen and oxygen atoms in total. The van der Waals surface area contributed by atoms with Crippen LogP contribution in [0.1, 0.15) is 0 Å². The van der Waals surface area contributed by atoms with Gasteiger partial charge in [-0.2, -0.15) is 0 Å². The van der Waals surface area contributed by atoms with Gasteiger partial charge in [-0.15, -0.1) is 0 Å². The fourth-order valence-electron chi connectivity index (χ4n) is 7.16. The van der Waals surface area contributed by atoms with Gasteiger partial charge in [0.15, 0.2) is 23.3 Å². The van der Waals surface area contributed by atoms with E-state index in [1.165, 1.54) is 10.8 Å². The van der Waals surface area contributed by atoms with Crippen LogP contribution in [0, 0.1) is 0 Å². The molecule has 10 aromatic rings. The maximum absolute atomic E-state index is 5.56. The molecule has 0 N–H and O–H groups in total. The van der Waals surface area contributed by atoms with Crippen molar-refractivity contribution in [2.75, 3.05) is 0 Å². The molecule has 6 aromatic carbocycles. The molecule has 0 radical (unpaired) electrons. The lowest BCUT2D eigenvalue weighted by Crippen LogP contribution is -2.08. The Bertz CT molecular complexity index is 2710. The highest BCUT2D eigenvalue weighted by atomic mass is 15.1. The number of nitrogens with zero attached hydrogens (tertiary/aromatic N) is 6. The summed E-state index contributed by atoms with van der Waals surface area (Å²) in [5.74, 6) is 3.31. The molecule has 0 aliphatic carbocycles. The van der Waals surface area contributed by atoms with Gasteiger partial charge in [0.05, 0.1) is 27.6 Å². The average Bonchev–Trinajstić information content (AvgIpc) is 3.71. The van der Waals surface area contributed by atoms with Crippen LogP contribution in [0.4, 0.5) is 0 Å². The smallest absolute Gasteiger partial charge is 0.167 e. The first-order valence-corrected chi connectivity index (χ1v) is 16.7. The van der Waals surface area contributed by atoms with E-state index in [1.54, 1.807) is 0 Å². The Morgan fingerprint density at radius 1 is 0.300 bits per heavy atom. The van der Waals surface area contributed by atoms with Crippen molar-refractivity contribution in [3.8, 4) is 45.8 Å². The summed E-state index contributed by atoms with van der Waals surface area (Å²) in [4.78, 5) is 20.8. The minimum Gasteiger partial charge on any atom is -0.294 e. The molecule has 0 bridgehead atoms. The maximum Gasteiger partial charge on any atom is 0.167 e. The number of hydrogen-bond acceptors (Lipinski definition) is 4. The molecule has 4 aromatic heterocycles. The third-order valence-corrected chi connectivity index (χ3v) is 9.40. The summed E-state index contributed by atoms with van der Waals surface area (Å²) in [7, 11) is 0. The monoisotopic (exact) mass is 640 g/mol. The Balaban J connectivity index is 1.31. The Labute approximate surface area is 287 Å². The zero-order valence-corrected chi connectivity index (χ0v) is 26.8. The number of hydrogen-bond donors (Lipinski definition) is 0. The summed E-state index contributed by atoms with van der Waals surface area (Å²) in [5.41, 5.74) is 6.95. The second kappa shape index (κ2) is 11.4. The molecule has 0 fully saturated rings. The van der Waals surface area contributed by atoms with Crippen LogP contribution in [-0.4, -0.2) is 29.1 Å².